The molecule has 1 aromatic heterocycles. The molecule has 4 heteroatoms. The molecule has 0 radical (unpaired) electrons. The van der Waals surface area contributed by atoms with Crippen molar-refractivity contribution in [1.29, 1.82) is 0 Å². The minimum Gasteiger partial charge on any atom is -0.263 e. The Kier molecular flexibility index (Phi) is 2.89. The predicted molar refractivity (Wildman–Crippen MR) is 64.6 cm³/mol. The van der Waals surface area contributed by atoms with E-state index in [4.69, 9.17) is 23.2 Å². The summed E-state index contributed by atoms with van der Waals surface area (Å²) in [4.78, 5) is 0. The van der Waals surface area contributed by atoms with E-state index in [9.17, 15) is 0 Å². The van der Waals surface area contributed by atoms with E-state index >= 15 is 0 Å². The van der Waals surface area contributed by atoms with Crippen LogP contribution in [-0.4, -0.2) is 9.78 Å². The van der Waals surface area contributed by atoms with Gasteiger partial charge < -0.3 is 0 Å². The van der Waals surface area contributed by atoms with E-state index in [0.29, 0.717) is 16.1 Å². The van der Waals surface area contributed by atoms with Crippen LogP contribution in [0.15, 0.2) is 18.2 Å². The molecule has 0 saturated carbocycles. The number of hydrogen-bond acceptors (Lipinski definition) is 1. The van der Waals surface area contributed by atoms with Crippen molar-refractivity contribution in [3.63, 3.8) is 0 Å². The molecule has 1 aromatic carbocycles. The van der Waals surface area contributed by atoms with Crippen molar-refractivity contribution < 1.29 is 0 Å². The maximum absolute atomic E-state index is 6.04. The van der Waals surface area contributed by atoms with E-state index < -0.39 is 0 Å². The number of halogens is 2. The maximum Gasteiger partial charge on any atom is 0.158 e. The van der Waals surface area contributed by atoms with E-state index in [1.54, 1.807) is 0 Å². The third kappa shape index (κ3) is 2.11. The Balaban J connectivity index is 2.59. The van der Waals surface area contributed by atoms with Crippen molar-refractivity contribution in [3.05, 3.63) is 28.4 Å². The number of fused-ring (bicyclic) bond motifs is 1. The van der Waals surface area contributed by atoms with Crippen LogP contribution < -0.4 is 0 Å². The van der Waals surface area contributed by atoms with Gasteiger partial charge in [-0.3, -0.25) is 4.68 Å². The maximum atomic E-state index is 6.04. The van der Waals surface area contributed by atoms with Crippen molar-refractivity contribution in [2.45, 2.75) is 20.4 Å². The van der Waals surface area contributed by atoms with Crippen LogP contribution in [0.25, 0.3) is 10.9 Å². The first kappa shape index (κ1) is 10.8. The van der Waals surface area contributed by atoms with E-state index in [1.165, 1.54) is 0 Å². The summed E-state index contributed by atoms with van der Waals surface area (Å²) in [5, 5.41) is 6.51. The van der Waals surface area contributed by atoms with E-state index in [2.05, 4.69) is 18.9 Å². The van der Waals surface area contributed by atoms with E-state index in [-0.39, 0.29) is 0 Å². The summed E-state index contributed by atoms with van der Waals surface area (Å²) in [6.45, 7) is 5.14. The lowest BCUT2D eigenvalue weighted by atomic mass is 10.2. The highest BCUT2D eigenvalue weighted by Gasteiger charge is 2.09. The fraction of sp³-hybridized carbons (Fsp3) is 0.364. The van der Waals surface area contributed by atoms with Crippen LogP contribution in [0.5, 0.6) is 0 Å². The Morgan fingerprint density at radius 3 is 2.73 bits per heavy atom. The van der Waals surface area contributed by atoms with Gasteiger partial charge >= 0.3 is 0 Å². The molecular formula is C11H12Cl2N2. The van der Waals surface area contributed by atoms with Crippen LogP contribution >= 0.6 is 23.2 Å². The molecule has 2 nitrogen and oxygen atoms in total. The summed E-state index contributed by atoms with van der Waals surface area (Å²) >= 11 is 12.0. The summed E-state index contributed by atoms with van der Waals surface area (Å²) in [6, 6.07) is 5.64. The number of hydrogen-bond donors (Lipinski definition) is 0. The van der Waals surface area contributed by atoms with E-state index in [1.807, 2.05) is 22.9 Å². The molecule has 1 heterocycles. The molecule has 2 aromatic rings. The minimum atomic E-state index is 0.531. The molecular weight excluding hydrogens is 231 g/mol. The topological polar surface area (TPSA) is 17.8 Å². The normalized spacial score (nSPS) is 11.5. The molecule has 0 N–H and O–H groups in total. The molecule has 0 aliphatic carbocycles. The van der Waals surface area contributed by atoms with Gasteiger partial charge in [-0.1, -0.05) is 37.0 Å². The molecule has 0 saturated heterocycles. The van der Waals surface area contributed by atoms with Gasteiger partial charge in [0.05, 0.1) is 5.52 Å². The van der Waals surface area contributed by atoms with Gasteiger partial charge in [0.1, 0.15) is 0 Å². The SMILES string of the molecule is CC(C)Cn1nc(Cl)c2ccc(Cl)cc21. The average molecular weight is 243 g/mol. The zero-order valence-electron chi connectivity index (χ0n) is 8.67. The van der Waals surface area contributed by atoms with Crippen LogP contribution in [0.1, 0.15) is 13.8 Å². The van der Waals surface area contributed by atoms with Crippen molar-refractivity contribution in [2.75, 3.05) is 0 Å². The highest BCUT2D eigenvalue weighted by molar-refractivity contribution is 6.35. The molecule has 0 aliphatic heterocycles. The number of benzene rings is 1. The quantitative estimate of drug-likeness (QED) is 0.779. The number of nitrogens with zero attached hydrogens (tertiary/aromatic N) is 2. The second-order valence-corrected chi connectivity index (χ2v) is 4.82. The lowest BCUT2D eigenvalue weighted by Gasteiger charge is -2.05. The van der Waals surface area contributed by atoms with Gasteiger partial charge in [-0.2, -0.15) is 5.10 Å². The van der Waals surface area contributed by atoms with Crippen LogP contribution in [0.4, 0.5) is 0 Å². The van der Waals surface area contributed by atoms with E-state index in [0.717, 1.165) is 17.4 Å². The average Bonchev–Trinajstić information content (AvgIpc) is 2.42. The first-order valence-electron chi connectivity index (χ1n) is 4.89. The van der Waals surface area contributed by atoms with Gasteiger partial charge in [0.25, 0.3) is 0 Å². The Bertz CT molecular complexity index is 489. The molecule has 0 spiro atoms. The molecule has 0 amide bonds. The Hall–Kier alpha value is -0.730. The van der Waals surface area contributed by atoms with Crippen LogP contribution in [-0.2, 0) is 6.54 Å². The van der Waals surface area contributed by atoms with Crippen molar-refractivity contribution in [3.8, 4) is 0 Å². The standard InChI is InChI=1S/C11H12Cl2N2/c1-7(2)6-15-10-5-8(12)3-4-9(10)11(13)14-15/h3-5,7H,6H2,1-2H3. The van der Waals surface area contributed by atoms with Gasteiger partial charge in [-0.05, 0) is 24.1 Å². The highest BCUT2D eigenvalue weighted by Crippen LogP contribution is 2.26. The largest absolute Gasteiger partial charge is 0.263 e. The molecule has 0 aliphatic rings. The van der Waals surface area contributed by atoms with Crippen LogP contribution in [0.3, 0.4) is 0 Å². The van der Waals surface area contributed by atoms with Gasteiger partial charge in [-0.15, -0.1) is 0 Å². The zero-order valence-corrected chi connectivity index (χ0v) is 10.2. The Morgan fingerprint density at radius 2 is 2.07 bits per heavy atom. The third-order valence-corrected chi connectivity index (χ3v) is 2.72. The highest BCUT2D eigenvalue weighted by atomic mass is 35.5. The van der Waals surface area contributed by atoms with Gasteiger partial charge in [0, 0.05) is 17.0 Å². The molecule has 0 unspecified atom stereocenters. The predicted octanol–water partition coefficient (Wildman–Crippen LogP) is 4.00. The van der Waals surface area contributed by atoms with Gasteiger partial charge in [0.2, 0.25) is 0 Å². The van der Waals surface area contributed by atoms with Crippen molar-refractivity contribution >= 4 is 34.1 Å². The Labute approximate surface area is 98.8 Å². The number of rotatable bonds is 2. The second-order valence-electron chi connectivity index (χ2n) is 4.03. The van der Waals surface area contributed by atoms with Gasteiger partial charge in [-0.25, -0.2) is 0 Å². The molecule has 80 valence electrons. The summed E-state index contributed by atoms with van der Waals surface area (Å²) in [5.74, 6) is 0.531. The molecule has 2 rings (SSSR count). The van der Waals surface area contributed by atoms with Crippen molar-refractivity contribution in [1.82, 2.24) is 9.78 Å². The summed E-state index contributed by atoms with van der Waals surface area (Å²) in [6.07, 6.45) is 0. The molecule has 0 atom stereocenters. The summed E-state index contributed by atoms with van der Waals surface area (Å²) in [7, 11) is 0. The molecule has 0 bridgehead atoms. The van der Waals surface area contributed by atoms with Gasteiger partial charge in [0.15, 0.2) is 5.15 Å². The molecule has 15 heavy (non-hydrogen) atoms. The van der Waals surface area contributed by atoms with Crippen LogP contribution in [0, 0.1) is 5.92 Å². The summed E-state index contributed by atoms with van der Waals surface area (Å²) < 4.78 is 1.91. The lowest BCUT2D eigenvalue weighted by molar-refractivity contribution is 0.495. The third-order valence-electron chi connectivity index (χ3n) is 2.21. The number of aromatic nitrogens is 2. The smallest absolute Gasteiger partial charge is 0.158 e. The van der Waals surface area contributed by atoms with Crippen molar-refractivity contribution in [2.24, 2.45) is 5.92 Å². The Morgan fingerprint density at radius 1 is 1.33 bits per heavy atom. The molecule has 0 fully saturated rings. The summed E-state index contributed by atoms with van der Waals surface area (Å²) in [5.41, 5.74) is 1.00. The first-order chi connectivity index (χ1) is 7.08. The fourth-order valence-electron chi connectivity index (χ4n) is 1.59. The van der Waals surface area contributed by atoms with Crippen LogP contribution in [0.2, 0.25) is 10.2 Å². The zero-order chi connectivity index (χ0) is 11.0. The second kappa shape index (κ2) is 4.03. The monoisotopic (exact) mass is 242 g/mol. The lowest BCUT2D eigenvalue weighted by Crippen LogP contribution is -2.05. The first-order valence-corrected chi connectivity index (χ1v) is 5.65. The fourth-order valence-corrected chi connectivity index (χ4v) is 2.01. The minimum absolute atomic E-state index is 0.531.